The van der Waals surface area contributed by atoms with Gasteiger partial charge in [0.1, 0.15) is 11.4 Å². The number of piperazine rings is 1. The number of hydrogen-bond donors (Lipinski definition) is 0. The van der Waals surface area contributed by atoms with E-state index in [4.69, 9.17) is 14.2 Å². The number of nitrogens with zero attached hydrogens (tertiary/aromatic N) is 5. The molecule has 0 unspecified atom stereocenters. The van der Waals surface area contributed by atoms with Gasteiger partial charge in [0.05, 0.1) is 30.6 Å². The van der Waals surface area contributed by atoms with Gasteiger partial charge in [-0.2, -0.15) is 22.0 Å². The summed E-state index contributed by atoms with van der Waals surface area (Å²) in [6.45, 7) is 4.79. The van der Waals surface area contributed by atoms with E-state index in [1.165, 1.54) is 27.1 Å². The number of amides is 1. The summed E-state index contributed by atoms with van der Waals surface area (Å²) in [5.41, 5.74) is 0.763. The molecule has 4 heterocycles. The van der Waals surface area contributed by atoms with Crippen LogP contribution >= 0.6 is 11.3 Å². The summed E-state index contributed by atoms with van der Waals surface area (Å²) in [5, 5.41) is 0.717. The van der Waals surface area contributed by atoms with Gasteiger partial charge < -0.3 is 19.1 Å². The first-order valence-electron chi connectivity index (χ1n) is 10.3. The minimum atomic E-state index is -3.54. The second-order valence-corrected chi connectivity index (χ2v) is 10.5. The first-order valence-corrected chi connectivity index (χ1v) is 12.5. The first kappa shape index (κ1) is 23.3. The smallest absolute Gasteiger partial charge is 0.282 e. The summed E-state index contributed by atoms with van der Waals surface area (Å²) in [7, 11) is -0.446. The third kappa shape index (κ3) is 4.32. The predicted octanol–water partition coefficient (Wildman–Crippen LogP) is 0.490. The van der Waals surface area contributed by atoms with Crippen molar-refractivity contribution < 1.29 is 27.4 Å². The SMILES string of the molecule is COCc1nc(OC)c2c(C)c(C(=O)N3CCN(S(=O)(=O)N4CCOCC4)CC3)sc2n1. The molecule has 32 heavy (non-hydrogen) atoms. The molecule has 2 fully saturated rings. The zero-order valence-electron chi connectivity index (χ0n) is 18.4. The van der Waals surface area contributed by atoms with Crippen molar-refractivity contribution >= 4 is 37.7 Å². The summed E-state index contributed by atoms with van der Waals surface area (Å²) >= 11 is 1.29. The largest absolute Gasteiger partial charge is 0.480 e. The van der Waals surface area contributed by atoms with Gasteiger partial charge in [-0.3, -0.25) is 4.79 Å². The molecular formula is C19H27N5O6S2. The quantitative estimate of drug-likeness (QED) is 0.581. The highest BCUT2D eigenvalue weighted by molar-refractivity contribution is 7.86. The van der Waals surface area contributed by atoms with Gasteiger partial charge >= 0.3 is 0 Å². The molecule has 2 aromatic rings. The molecule has 2 aliphatic heterocycles. The summed E-state index contributed by atoms with van der Waals surface area (Å²) < 4.78 is 44.4. The van der Waals surface area contributed by atoms with E-state index >= 15 is 0 Å². The minimum absolute atomic E-state index is 0.135. The minimum Gasteiger partial charge on any atom is -0.480 e. The van der Waals surface area contributed by atoms with Crippen molar-refractivity contribution in [3.8, 4) is 5.88 Å². The summed E-state index contributed by atoms with van der Waals surface area (Å²) in [6, 6.07) is 0. The van der Waals surface area contributed by atoms with Crippen LogP contribution in [0, 0.1) is 6.92 Å². The fraction of sp³-hybridized carbons (Fsp3) is 0.632. The van der Waals surface area contributed by atoms with Crippen LogP contribution in [0.25, 0.3) is 10.2 Å². The summed E-state index contributed by atoms with van der Waals surface area (Å²) in [6.07, 6.45) is 0. The van der Waals surface area contributed by atoms with Crippen LogP contribution in [0.1, 0.15) is 21.1 Å². The number of carbonyl (C=O) groups is 1. The van der Waals surface area contributed by atoms with Crippen LogP contribution in [0.2, 0.25) is 0 Å². The van der Waals surface area contributed by atoms with Crippen LogP contribution in [0.3, 0.4) is 0 Å². The molecule has 4 rings (SSSR count). The Kier molecular flexibility index (Phi) is 6.93. The van der Waals surface area contributed by atoms with Crippen molar-refractivity contribution in [2.24, 2.45) is 0 Å². The Labute approximate surface area is 191 Å². The summed E-state index contributed by atoms with van der Waals surface area (Å²) in [5.74, 6) is 0.763. The van der Waals surface area contributed by atoms with Crippen molar-refractivity contribution in [3.63, 3.8) is 0 Å². The second-order valence-electron chi connectivity index (χ2n) is 7.53. The fourth-order valence-electron chi connectivity index (χ4n) is 3.90. The monoisotopic (exact) mass is 485 g/mol. The predicted molar refractivity (Wildman–Crippen MR) is 118 cm³/mol. The molecule has 176 valence electrons. The van der Waals surface area contributed by atoms with Crippen molar-refractivity contribution in [1.29, 1.82) is 0 Å². The molecule has 0 atom stereocenters. The van der Waals surface area contributed by atoms with E-state index in [1.807, 2.05) is 6.92 Å². The van der Waals surface area contributed by atoms with Crippen LogP contribution in [0.15, 0.2) is 0 Å². The standard InChI is InChI=1S/C19H27N5O6S2/c1-13-15-17(29-3)20-14(12-28-2)21-18(15)31-16(13)19(25)22-4-6-23(7-5-22)32(26,27)24-8-10-30-11-9-24/h4-12H2,1-3H3. The Bertz CT molecular complexity index is 1090. The molecule has 2 aliphatic rings. The average Bonchev–Trinajstić information content (AvgIpc) is 3.15. The Balaban J connectivity index is 1.51. The lowest BCUT2D eigenvalue weighted by atomic mass is 10.2. The van der Waals surface area contributed by atoms with Gasteiger partial charge in [-0.1, -0.05) is 0 Å². The van der Waals surface area contributed by atoms with Crippen molar-refractivity contribution in [2.45, 2.75) is 13.5 Å². The highest BCUT2D eigenvalue weighted by atomic mass is 32.2. The van der Waals surface area contributed by atoms with E-state index in [1.54, 1.807) is 12.0 Å². The molecule has 11 nitrogen and oxygen atoms in total. The molecular weight excluding hydrogens is 458 g/mol. The topological polar surface area (TPSA) is 114 Å². The molecule has 2 saturated heterocycles. The lowest BCUT2D eigenvalue weighted by Gasteiger charge is -2.37. The molecule has 0 spiro atoms. The number of methoxy groups -OCH3 is 2. The van der Waals surface area contributed by atoms with E-state index in [-0.39, 0.29) is 25.6 Å². The fourth-order valence-corrected chi connectivity index (χ4v) is 6.62. The number of thiophene rings is 1. The van der Waals surface area contributed by atoms with Gasteiger partial charge in [0.15, 0.2) is 5.82 Å². The number of fused-ring (bicyclic) bond motifs is 1. The number of morpholine rings is 1. The van der Waals surface area contributed by atoms with E-state index in [0.29, 0.717) is 66.2 Å². The molecule has 0 aromatic carbocycles. The van der Waals surface area contributed by atoms with Crippen LogP contribution in [0.4, 0.5) is 0 Å². The number of hydrogen-bond acceptors (Lipinski definition) is 9. The van der Waals surface area contributed by atoms with E-state index in [2.05, 4.69) is 9.97 Å². The van der Waals surface area contributed by atoms with Gasteiger partial charge in [-0.15, -0.1) is 11.3 Å². The number of aromatic nitrogens is 2. The highest BCUT2D eigenvalue weighted by Crippen LogP contribution is 2.36. The Morgan fingerprint density at radius 1 is 1.06 bits per heavy atom. The Morgan fingerprint density at radius 2 is 1.72 bits per heavy atom. The molecule has 0 N–H and O–H groups in total. The van der Waals surface area contributed by atoms with Crippen molar-refractivity contribution in [1.82, 2.24) is 23.5 Å². The van der Waals surface area contributed by atoms with Gasteiger partial charge in [0.2, 0.25) is 5.88 Å². The van der Waals surface area contributed by atoms with Crippen LogP contribution in [-0.2, 0) is 26.3 Å². The van der Waals surface area contributed by atoms with Gasteiger partial charge in [0, 0.05) is 46.4 Å². The molecule has 0 bridgehead atoms. The zero-order chi connectivity index (χ0) is 22.9. The lowest BCUT2D eigenvalue weighted by Crippen LogP contribution is -2.55. The van der Waals surface area contributed by atoms with Gasteiger partial charge in [0.25, 0.3) is 16.1 Å². The first-order chi connectivity index (χ1) is 15.4. The maximum absolute atomic E-state index is 13.3. The number of aryl methyl sites for hydroxylation is 1. The van der Waals surface area contributed by atoms with Crippen LogP contribution in [-0.4, -0.2) is 105 Å². The van der Waals surface area contributed by atoms with Crippen molar-refractivity contribution in [3.05, 3.63) is 16.3 Å². The van der Waals surface area contributed by atoms with E-state index in [0.717, 1.165) is 5.56 Å². The Morgan fingerprint density at radius 3 is 2.34 bits per heavy atom. The maximum Gasteiger partial charge on any atom is 0.282 e. The molecule has 2 aromatic heterocycles. The van der Waals surface area contributed by atoms with Gasteiger partial charge in [-0.05, 0) is 12.5 Å². The molecule has 0 aliphatic carbocycles. The highest BCUT2D eigenvalue weighted by Gasteiger charge is 2.35. The third-order valence-corrected chi connectivity index (χ3v) is 8.82. The third-order valence-electron chi connectivity index (χ3n) is 5.61. The molecule has 1 amide bonds. The maximum atomic E-state index is 13.3. The summed E-state index contributed by atoms with van der Waals surface area (Å²) in [4.78, 5) is 25.1. The van der Waals surface area contributed by atoms with Gasteiger partial charge in [-0.25, -0.2) is 4.98 Å². The van der Waals surface area contributed by atoms with Crippen LogP contribution in [0.5, 0.6) is 5.88 Å². The zero-order valence-corrected chi connectivity index (χ0v) is 20.0. The lowest BCUT2D eigenvalue weighted by molar-refractivity contribution is 0.0638. The normalized spacial score (nSPS) is 18.9. The molecule has 0 saturated carbocycles. The molecule has 0 radical (unpaired) electrons. The Hall–Kier alpha value is -1.90. The average molecular weight is 486 g/mol. The van der Waals surface area contributed by atoms with Crippen LogP contribution < -0.4 is 4.74 Å². The second kappa shape index (κ2) is 9.53. The number of rotatable bonds is 6. The van der Waals surface area contributed by atoms with E-state index in [9.17, 15) is 13.2 Å². The number of ether oxygens (including phenoxy) is 3. The molecule has 13 heteroatoms. The van der Waals surface area contributed by atoms with Crippen molar-refractivity contribution in [2.75, 3.05) is 66.7 Å². The van der Waals surface area contributed by atoms with E-state index < -0.39 is 10.2 Å². The number of carbonyl (C=O) groups excluding carboxylic acids is 1.